The number of aromatic nitrogens is 2. The topological polar surface area (TPSA) is 475 Å². The Labute approximate surface area is 459 Å². The zero-order chi connectivity index (χ0) is 59.1. The highest BCUT2D eigenvalue weighted by atomic mass is 16.4. The number of aromatic hydroxyl groups is 1. The molecule has 1 aliphatic heterocycles. The van der Waals surface area contributed by atoms with Crippen LogP contribution in [0.25, 0.3) is 0 Å². The van der Waals surface area contributed by atoms with Crippen LogP contribution in [0.5, 0.6) is 5.75 Å². The van der Waals surface area contributed by atoms with E-state index < -0.39 is 133 Å². The number of nitrogens with zero attached hydrogens (tertiary/aromatic N) is 3. The third kappa shape index (κ3) is 21.3. The molecule has 0 spiro atoms. The molecule has 18 N–H and O–H groups in total. The van der Waals surface area contributed by atoms with Gasteiger partial charge in [-0.05, 0) is 67.7 Å². The molecule has 29 heteroatoms. The fraction of sp³-hybridized carbons (Fsp3) is 0.471. The van der Waals surface area contributed by atoms with Crippen molar-refractivity contribution in [1.29, 1.82) is 0 Å². The number of amides is 8. The van der Waals surface area contributed by atoms with E-state index in [9.17, 15) is 73.2 Å². The number of rotatable bonds is 32. The van der Waals surface area contributed by atoms with Gasteiger partial charge >= 0.3 is 17.9 Å². The summed E-state index contributed by atoms with van der Waals surface area (Å²) in [6.07, 6.45) is 0.853. The first kappa shape index (κ1) is 63.4. The molecular weight excluding hydrogens is 1050 g/mol. The number of benzene rings is 2. The number of hydrogen-bond acceptors (Lipinski definition) is 15. The summed E-state index contributed by atoms with van der Waals surface area (Å²) in [4.78, 5) is 158. The summed E-state index contributed by atoms with van der Waals surface area (Å²) in [6.45, 7) is 2.90. The lowest BCUT2D eigenvalue weighted by Gasteiger charge is -2.29. The highest BCUT2D eigenvalue weighted by Crippen LogP contribution is 2.20. The molecule has 80 heavy (non-hydrogen) atoms. The van der Waals surface area contributed by atoms with E-state index in [4.69, 9.17) is 17.2 Å². The molecule has 4 rings (SSSR count). The van der Waals surface area contributed by atoms with Gasteiger partial charge in [0.05, 0.1) is 31.8 Å². The minimum absolute atomic E-state index is 0.00153. The van der Waals surface area contributed by atoms with Crippen LogP contribution in [0.1, 0.15) is 75.6 Å². The molecule has 0 radical (unpaired) electrons. The minimum Gasteiger partial charge on any atom is -0.508 e. The summed E-state index contributed by atoms with van der Waals surface area (Å²) in [5.41, 5.74) is 18.3. The van der Waals surface area contributed by atoms with Crippen LogP contribution >= 0.6 is 0 Å². The fourth-order valence-electron chi connectivity index (χ4n) is 8.49. The van der Waals surface area contributed by atoms with Crippen LogP contribution in [0.2, 0.25) is 0 Å². The summed E-state index contributed by atoms with van der Waals surface area (Å²) >= 11 is 0. The predicted octanol–water partition coefficient (Wildman–Crippen LogP) is -3.38. The molecule has 1 aliphatic rings. The third-order valence-corrected chi connectivity index (χ3v) is 12.4. The van der Waals surface area contributed by atoms with Gasteiger partial charge in [-0.25, -0.2) is 9.78 Å². The van der Waals surface area contributed by atoms with Gasteiger partial charge in [0, 0.05) is 37.8 Å². The first-order chi connectivity index (χ1) is 37.9. The zero-order valence-corrected chi connectivity index (χ0v) is 44.1. The minimum atomic E-state index is -1.98. The number of aliphatic imine (C=N–C) groups is 1. The molecule has 2 heterocycles. The van der Waals surface area contributed by atoms with E-state index in [2.05, 4.69) is 52.2 Å². The molecule has 434 valence electrons. The number of imidazole rings is 1. The number of carbonyl (C=O) groups excluding carboxylic acids is 8. The second-order valence-corrected chi connectivity index (χ2v) is 19.4. The lowest BCUT2D eigenvalue weighted by atomic mass is 10.0. The van der Waals surface area contributed by atoms with Gasteiger partial charge in [-0.15, -0.1) is 0 Å². The quantitative estimate of drug-likeness (QED) is 0.0165. The standard InChI is InChI=1S/C51H70N14O15/c1-27(2)18-34(45(74)60-33(10-6-16-56-51(53)54)49(78)65-17-7-11-39(65)50(79)80)62-46(75)36(21-30-24-55-26-58-30)59-40(67)25-57-44(73)35(20-29-12-14-31(66)15-13-29)63-48(77)38(23-42(70)71)64-47(76)37(22-41(68)69)61-43(72)32(52)19-28-8-4-3-5-9-28/h3-5,8-9,12-15,24,26-27,32-39,66H,6-7,10-11,16-23,25,52H2,1-2H3,(H,55,58)(H,57,73)(H,59,67)(H,60,74)(H,61,72)(H,62,75)(H,63,77)(H,64,76)(H,68,69)(H,70,71)(H,79,80)(H4,53,54,56)/t32-,33-,34-,35-,36-,37-,38-,39-/m0/s1. The van der Waals surface area contributed by atoms with E-state index >= 15 is 0 Å². The van der Waals surface area contributed by atoms with Crippen molar-refractivity contribution in [3.05, 3.63) is 83.9 Å². The summed E-state index contributed by atoms with van der Waals surface area (Å²) in [6, 6.07) is 2.00. The first-order valence-electron chi connectivity index (χ1n) is 25.6. The highest BCUT2D eigenvalue weighted by molar-refractivity contribution is 5.99. The maximum Gasteiger partial charge on any atom is 0.326 e. The number of carboxylic acid groups (broad SMARTS) is 3. The number of nitrogens with one attached hydrogen (secondary N) is 8. The molecule has 0 bridgehead atoms. The van der Waals surface area contributed by atoms with E-state index in [0.717, 1.165) is 0 Å². The lowest BCUT2D eigenvalue weighted by Crippen LogP contribution is -2.59. The van der Waals surface area contributed by atoms with Crippen LogP contribution in [0.15, 0.2) is 72.1 Å². The molecule has 1 saturated heterocycles. The van der Waals surface area contributed by atoms with E-state index in [0.29, 0.717) is 23.2 Å². The van der Waals surface area contributed by atoms with E-state index in [-0.39, 0.29) is 75.7 Å². The van der Waals surface area contributed by atoms with Crippen molar-refractivity contribution >= 4 is 71.1 Å². The van der Waals surface area contributed by atoms with Gasteiger partial charge in [0.25, 0.3) is 0 Å². The molecule has 0 saturated carbocycles. The van der Waals surface area contributed by atoms with Crippen molar-refractivity contribution in [2.75, 3.05) is 19.6 Å². The van der Waals surface area contributed by atoms with Gasteiger partial charge in [0.2, 0.25) is 47.3 Å². The second-order valence-electron chi connectivity index (χ2n) is 19.4. The van der Waals surface area contributed by atoms with Crippen LogP contribution in [-0.4, -0.2) is 174 Å². The van der Waals surface area contributed by atoms with E-state index in [1.54, 1.807) is 44.2 Å². The van der Waals surface area contributed by atoms with Crippen LogP contribution in [0.3, 0.4) is 0 Å². The Kier molecular flexibility index (Phi) is 24.8. The molecule has 1 fully saturated rings. The van der Waals surface area contributed by atoms with Gasteiger partial charge in [-0.2, -0.15) is 0 Å². The zero-order valence-electron chi connectivity index (χ0n) is 44.1. The number of carbonyl (C=O) groups is 11. The summed E-state index contributed by atoms with van der Waals surface area (Å²) < 4.78 is 0. The van der Waals surface area contributed by atoms with Crippen molar-refractivity contribution in [3.8, 4) is 5.75 Å². The Bertz CT molecular complexity index is 2670. The number of aliphatic carboxylic acids is 3. The van der Waals surface area contributed by atoms with Crippen molar-refractivity contribution in [1.82, 2.24) is 52.1 Å². The first-order valence-corrected chi connectivity index (χ1v) is 25.6. The Balaban J connectivity index is 1.52. The summed E-state index contributed by atoms with van der Waals surface area (Å²) in [7, 11) is 0. The fourth-order valence-corrected chi connectivity index (χ4v) is 8.49. The summed E-state index contributed by atoms with van der Waals surface area (Å²) in [5, 5.41) is 56.0. The molecule has 1 aromatic heterocycles. The monoisotopic (exact) mass is 1120 g/mol. The molecule has 0 unspecified atom stereocenters. The van der Waals surface area contributed by atoms with Crippen molar-refractivity contribution < 1.29 is 73.2 Å². The van der Waals surface area contributed by atoms with Crippen molar-refractivity contribution in [2.45, 2.75) is 126 Å². The Morgan fingerprint density at radius 3 is 1.81 bits per heavy atom. The number of guanidine groups is 1. The van der Waals surface area contributed by atoms with Crippen LogP contribution in [0, 0.1) is 5.92 Å². The average molecular weight is 1120 g/mol. The Morgan fingerprint density at radius 1 is 0.688 bits per heavy atom. The molecular formula is C51H70N14O15. The maximum atomic E-state index is 14.2. The predicted molar refractivity (Wildman–Crippen MR) is 283 cm³/mol. The van der Waals surface area contributed by atoms with Gasteiger partial charge in [-0.3, -0.25) is 52.9 Å². The van der Waals surface area contributed by atoms with E-state index in [1.807, 2.05) is 0 Å². The number of aromatic amines is 1. The normalized spacial score (nSPS) is 15.5. The van der Waals surface area contributed by atoms with Gasteiger partial charge in [0.15, 0.2) is 5.96 Å². The highest BCUT2D eigenvalue weighted by Gasteiger charge is 2.39. The van der Waals surface area contributed by atoms with Gasteiger partial charge in [0.1, 0.15) is 48.0 Å². The SMILES string of the molecule is CC(C)C[C@H](NC(=O)[C@H](Cc1cnc[nH]1)NC(=O)CNC(=O)[C@H](Cc1ccc(O)cc1)NC(=O)[C@H](CC(=O)O)NC(=O)[C@H](CC(=O)O)NC(=O)[C@@H](N)Cc1ccccc1)C(=O)N[C@@H](CCCN=C(N)N)C(=O)N1CCC[C@H]1C(=O)O. The molecule has 2 aromatic carbocycles. The van der Waals surface area contributed by atoms with E-state index in [1.165, 1.54) is 41.7 Å². The van der Waals surface area contributed by atoms with Crippen molar-refractivity contribution in [3.63, 3.8) is 0 Å². The summed E-state index contributed by atoms with van der Waals surface area (Å²) in [5.74, 6) is -12.8. The average Bonchev–Trinajstić information content (AvgIpc) is 4.11. The number of carboxylic acids is 3. The Morgan fingerprint density at radius 2 is 1.24 bits per heavy atom. The number of H-pyrrole nitrogens is 1. The Hall–Kier alpha value is -9.15. The molecule has 3 aromatic rings. The molecule has 8 atom stereocenters. The number of likely N-dealkylation sites (tertiary alicyclic amines) is 1. The van der Waals surface area contributed by atoms with Gasteiger partial charge in [-0.1, -0.05) is 56.3 Å². The smallest absolute Gasteiger partial charge is 0.326 e. The number of phenols is 1. The molecule has 8 amide bonds. The van der Waals surface area contributed by atoms with Crippen LogP contribution in [0.4, 0.5) is 0 Å². The number of nitrogens with two attached hydrogens (primary N) is 3. The van der Waals surface area contributed by atoms with Crippen LogP contribution in [-0.2, 0) is 72.0 Å². The molecule has 29 nitrogen and oxygen atoms in total. The van der Waals surface area contributed by atoms with Crippen molar-refractivity contribution in [2.24, 2.45) is 28.1 Å². The lowest BCUT2D eigenvalue weighted by molar-refractivity contribution is -0.149. The van der Waals surface area contributed by atoms with Gasteiger partial charge < -0.3 is 84.7 Å². The second kappa shape index (κ2) is 31.3. The number of phenolic OH excluding ortho intramolecular Hbond substituents is 1. The molecule has 0 aliphatic carbocycles. The largest absolute Gasteiger partial charge is 0.508 e. The maximum absolute atomic E-state index is 14.2. The van der Waals surface area contributed by atoms with Crippen LogP contribution < -0.4 is 54.4 Å². The number of hydrogen-bond donors (Lipinski definition) is 15. The third-order valence-electron chi connectivity index (χ3n) is 12.4.